The molecule has 24 heavy (non-hydrogen) atoms. The number of aromatic nitrogens is 4. The first-order chi connectivity index (χ1) is 11.7. The van der Waals surface area contributed by atoms with Crippen LogP contribution in [0.5, 0.6) is 0 Å². The Morgan fingerprint density at radius 1 is 0.958 bits per heavy atom. The second kappa shape index (κ2) is 5.87. The van der Waals surface area contributed by atoms with Gasteiger partial charge in [0.15, 0.2) is 11.3 Å². The molecule has 0 aliphatic heterocycles. The molecule has 0 spiro atoms. The summed E-state index contributed by atoms with van der Waals surface area (Å²) in [7, 11) is 0. The van der Waals surface area contributed by atoms with Crippen LogP contribution in [0.3, 0.4) is 0 Å². The van der Waals surface area contributed by atoms with Gasteiger partial charge in [0.1, 0.15) is 5.82 Å². The van der Waals surface area contributed by atoms with Crippen molar-refractivity contribution < 1.29 is 0 Å². The molecule has 0 bridgehead atoms. The van der Waals surface area contributed by atoms with Crippen LogP contribution in [0.15, 0.2) is 48.5 Å². The van der Waals surface area contributed by atoms with Gasteiger partial charge in [0.25, 0.3) is 0 Å². The summed E-state index contributed by atoms with van der Waals surface area (Å²) in [6.45, 7) is 4.34. The lowest BCUT2D eigenvalue weighted by atomic mass is 10.2. The molecule has 0 saturated heterocycles. The molecule has 0 unspecified atom stereocenters. The van der Waals surface area contributed by atoms with Crippen molar-refractivity contribution in [1.29, 1.82) is 0 Å². The average Bonchev–Trinajstić information content (AvgIpc) is 2.98. The van der Waals surface area contributed by atoms with Gasteiger partial charge in [0.2, 0.25) is 0 Å². The monoisotopic (exact) mass is 336 g/mol. The first kappa shape index (κ1) is 15.1. The van der Waals surface area contributed by atoms with Crippen molar-refractivity contribution in [3.05, 3.63) is 53.6 Å². The van der Waals surface area contributed by atoms with Gasteiger partial charge in [-0.15, -0.1) is 0 Å². The van der Waals surface area contributed by atoms with Gasteiger partial charge in [0, 0.05) is 16.6 Å². The third-order valence-corrected chi connectivity index (χ3v) is 4.59. The molecule has 2 heterocycles. The van der Waals surface area contributed by atoms with Gasteiger partial charge in [0.05, 0.1) is 11.0 Å². The Bertz CT molecular complexity index is 1020. The topological polar surface area (TPSA) is 43.6 Å². The fourth-order valence-electron chi connectivity index (χ4n) is 2.88. The summed E-state index contributed by atoms with van der Waals surface area (Å²) in [5.41, 5.74) is 4.27. The van der Waals surface area contributed by atoms with Gasteiger partial charge in [-0.3, -0.25) is 0 Å². The molecule has 0 aliphatic carbocycles. The van der Waals surface area contributed by atoms with Crippen LogP contribution in [-0.4, -0.2) is 19.5 Å². The van der Waals surface area contributed by atoms with E-state index in [0.717, 1.165) is 34.5 Å². The van der Waals surface area contributed by atoms with Crippen molar-refractivity contribution in [3.8, 4) is 11.4 Å². The summed E-state index contributed by atoms with van der Waals surface area (Å²) in [6, 6.07) is 15.9. The highest BCUT2D eigenvalue weighted by Gasteiger charge is 2.19. The van der Waals surface area contributed by atoms with Crippen LogP contribution in [-0.2, 0) is 0 Å². The Labute approximate surface area is 145 Å². The maximum absolute atomic E-state index is 6.03. The molecule has 0 saturated carbocycles. The highest BCUT2D eigenvalue weighted by Crippen LogP contribution is 2.29. The summed E-state index contributed by atoms with van der Waals surface area (Å²) in [6.07, 6.45) is 0.987. The first-order valence-electron chi connectivity index (χ1n) is 8.08. The number of para-hydroxylation sites is 2. The number of hydrogen-bond acceptors (Lipinski definition) is 3. The number of hydrogen-bond donors (Lipinski definition) is 0. The Balaban J connectivity index is 2.04. The average molecular weight is 337 g/mol. The lowest BCUT2D eigenvalue weighted by Crippen LogP contribution is -2.07. The van der Waals surface area contributed by atoms with E-state index in [0.29, 0.717) is 10.7 Å². The predicted molar refractivity (Wildman–Crippen MR) is 98.3 cm³/mol. The van der Waals surface area contributed by atoms with E-state index >= 15 is 0 Å². The molecular weight excluding hydrogens is 320 g/mol. The van der Waals surface area contributed by atoms with Gasteiger partial charge in [-0.05, 0) is 49.7 Å². The second-order valence-electron chi connectivity index (χ2n) is 5.93. The molecule has 4 rings (SSSR count). The van der Waals surface area contributed by atoms with Crippen molar-refractivity contribution in [1.82, 2.24) is 19.5 Å². The SMILES string of the molecule is CC[C@H](C)n1c(-c2ccc(Cl)cc2)nc2nc3ccccc3nc21. The second-order valence-corrected chi connectivity index (χ2v) is 6.37. The molecule has 120 valence electrons. The van der Waals surface area contributed by atoms with Gasteiger partial charge >= 0.3 is 0 Å². The van der Waals surface area contributed by atoms with Crippen LogP contribution >= 0.6 is 11.6 Å². The third kappa shape index (κ3) is 2.43. The molecular formula is C19H17ClN4. The van der Waals surface area contributed by atoms with Crippen LogP contribution in [0.2, 0.25) is 5.02 Å². The number of benzene rings is 2. The van der Waals surface area contributed by atoms with Crippen molar-refractivity contribution in [2.45, 2.75) is 26.3 Å². The fraction of sp³-hybridized carbons (Fsp3) is 0.211. The summed E-state index contributed by atoms with van der Waals surface area (Å²) in [5.74, 6) is 0.881. The molecule has 0 fully saturated rings. The highest BCUT2D eigenvalue weighted by atomic mass is 35.5. The number of imidazole rings is 1. The summed E-state index contributed by atoms with van der Waals surface area (Å²) < 4.78 is 2.18. The smallest absolute Gasteiger partial charge is 0.198 e. The van der Waals surface area contributed by atoms with Gasteiger partial charge in [-0.2, -0.15) is 0 Å². The lowest BCUT2D eigenvalue weighted by molar-refractivity contribution is 0.547. The largest absolute Gasteiger partial charge is 0.304 e. The lowest BCUT2D eigenvalue weighted by Gasteiger charge is -2.15. The van der Waals surface area contributed by atoms with Crippen LogP contribution in [0, 0.1) is 0 Å². The molecule has 0 aliphatic rings. The quantitative estimate of drug-likeness (QED) is 0.511. The van der Waals surface area contributed by atoms with Gasteiger partial charge in [-0.1, -0.05) is 30.7 Å². The van der Waals surface area contributed by atoms with E-state index < -0.39 is 0 Å². The molecule has 5 heteroatoms. The Morgan fingerprint density at radius 3 is 2.29 bits per heavy atom. The Kier molecular flexibility index (Phi) is 3.69. The zero-order valence-corrected chi connectivity index (χ0v) is 14.3. The molecule has 2 aromatic heterocycles. The van der Waals surface area contributed by atoms with Gasteiger partial charge < -0.3 is 4.57 Å². The minimum absolute atomic E-state index is 0.274. The zero-order chi connectivity index (χ0) is 16.7. The van der Waals surface area contributed by atoms with E-state index in [1.807, 2.05) is 48.5 Å². The zero-order valence-electron chi connectivity index (χ0n) is 13.6. The number of halogens is 1. The maximum atomic E-state index is 6.03. The van der Waals surface area contributed by atoms with Crippen LogP contribution in [0.25, 0.3) is 33.7 Å². The van der Waals surface area contributed by atoms with Crippen molar-refractivity contribution >= 4 is 33.9 Å². The van der Waals surface area contributed by atoms with E-state index in [4.69, 9.17) is 26.6 Å². The standard InChI is InChI=1S/C19H17ClN4/c1-3-12(2)24-18(13-8-10-14(20)11-9-13)23-17-19(24)22-16-7-5-4-6-15(16)21-17/h4-12H,3H2,1-2H3/t12-/m0/s1. The maximum Gasteiger partial charge on any atom is 0.198 e. The molecule has 0 amide bonds. The summed E-state index contributed by atoms with van der Waals surface area (Å²) in [4.78, 5) is 14.3. The summed E-state index contributed by atoms with van der Waals surface area (Å²) >= 11 is 6.03. The van der Waals surface area contributed by atoms with Crippen molar-refractivity contribution in [2.75, 3.05) is 0 Å². The Hall–Kier alpha value is -2.46. The normalized spacial score (nSPS) is 12.8. The first-order valence-corrected chi connectivity index (χ1v) is 8.46. The number of fused-ring (bicyclic) bond motifs is 2. The molecule has 0 radical (unpaired) electrons. The van der Waals surface area contributed by atoms with E-state index in [1.165, 1.54) is 0 Å². The predicted octanol–water partition coefficient (Wildman–Crippen LogP) is 5.27. The highest BCUT2D eigenvalue weighted by molar-refractivity contribution is 6.30. The minimum atomic E-state index is 0.274. The van der Waals surface area contributed by atoms with Crippen molar-refractivity contribution in [3.63, 3.8) is 0 Å². The fourth-order valence-corrected chi connectivity index (χ4v) is 3.00. The third-order valence-electron chi connectivity index (χ3n) is 4.34. The van der Waals surface area contributed by atoms with Crippen molar-refractivity contribution in [2.24, 2.45) is 0 Å². The van der Waals surface area contributed by atoms with Crippen LogP contribution in [0.1, 0.15) is 26.3 Å². The van der Waals surface area contributed by atoms with Crippen LogP contribution < -0.4 is 0 Å². The van der Waals surface area contributed by atoms with Crippen LogP contribution in [0.4, 0.5) is 0 Å². The molecule has 4 aromatic rings. The molecule has 2 aromatic carbocycles. The summed E-state index contributed by atoms with van der Waals surface area (Å²) in [5, 5.41) is 0.715. The number of nitrogens with zero attached hydrogens (tertiary/aromatic N) is 4. The van der Waals surface area contributed by atoms with E-state index in [1.54, 1.807) is 0 Å². The van der Waals surface area contributed by atoms with E-state index in [9.17, 15) is 0 Å². The van der Waals surface area contributed by atoms with E-state index in [2.05, 4.69) is 18.4 Å². The van der Waals surface area contributed by atoms with Gasteiger partial charge in [-0.25, -0.2) is 15.0 Å². The Morgan fingerprint density at radius 2 is 1.62 bits per heavy atom. The molecule has 1 atom stereocenters. The molecule has 0 N–H and O–H groups in total. The molecule has 4 nitrogen and oxygen atoms in total. The number of rotatable bonds is 3. The minimum Gasteiger partial charge on any atom is -0.304 e. The van der Waals surface area contributed by atoms with E-state index in [-0.39, 0.29) is 6.04 Å².